The van der Waals surface area contributed by atoms with Gasteiger partial charge in [0.1, 0.15) is 61.0 Å². The maximum atomic E-state index is 10.1. The van der Waals surface area contributed by atoms with Gasteiger partial charge in [-0.05, 0) is 0 Å². The summed E-state index contributed by atoms with van der Waals surface area (Å²) in [6.45, 7) is -1.79. The Morgan fingerprint density at radius 3 is 0.903 bits per heavy atom. The Kier molecular flexibility index (Phi) is 18.5. The molecule has 0 saturated carbocycles. The van der Waals surface area contributed by atoms with E-state index in [1.165, 1.54) is 0 Å². The van der Waals surface area contributed by atoms with Crippen molar-refractivity contribution in [1.29, 1.82) is 0 Å². The second kappa shape index (κ2) is 16.6. The molecule has 0 aliphatic carbocycles. The molecule has 2 unspecified atom stereocenters. The zero-order chi connectivity index (χ0) is 24.3. The Morgan fingerprint density at radius 2 is 0.742 bits per heavy atom. The van der Waals surface area contributed by atoms with Crippen LogP contribution in [0.4, 0.5) is 0 Å². The third kappa shape index (κ3) is 11.4. The molecule has 0 aliphatic heterocycles. The van der Waals surface area contributed by atoms with Crippen molar-refractivity contribution in [3.63, 3.8) is 0 Å². The fourth-order valence-electron chi connectivity index (χ4n) is 1.73. The first kappa shape index (κ1) is 34.6. The van der Waals surface area contributed by atoms with Gasteiger partial charge in [-0.25, -0.2) is 0 Å². The molecule has 0 bridgehead atoms. The topological polar surface area (TPSA) is 323 Å². The van der Waals surface area contributed by atoms with Crippen LogP contribution in [0, 0.1) is 0 Å². The summed E-state index contributed by atoms with van der Waals surface area (Å²) < 4.78 is 0. The number of carbonyl (C=O) groups excluding carboxylic acids is 2. The van der Waals surface area contributed by atoms with E-state index in [2.05, 4.69) is 0 Å². The van der Waals surface area contributed by atoms with E-state index in [0.717, 1.165) is 0 Å². The summed E-state index contributed by atoms with van der Waals surface area (Å²) >= 11 is 0. The minimum absolute atomic E-state index is 0. The smallest absolute Gasteiger partial charge is 0.547 e. The zero-order valence-corrected chi connectivity index (χ0v) is 16.6. The molecule has 187 valence electrons. The molecule has 0 fully saturated rings. The van der Waals surface area contributed by atoms with Gasteiger partial charge in [0.25, 0.3) is 0 Å². The molecule has 16 nitrogen and oxygen atoms in total. The Labute approximate surface area is 184 Å². The minimum Gasteiger partial charge on any atom is -0.547 e. The van der Waals surface area contributed by atoms with Crippen LogP contribution in [0.5, 0.6) is 0 Å². The third-order valence-corrected chi connectivity index (χ3v) is 3.69. The first-order valence-corrected chi connectivity index (χ1v) is 8.09. The van der Waals surface area contributed by atoms with E-state index in [-0.39, 0.29) is 16.8 Å². The number of carbonyl (C=O) groups is 2. The fraction of sp³-hybridized carbons (Fsp3) is 0.857. The van der Waals surface area contributed by atoms with Crippen molar-refractivity contribution in [2.75, 3.05) is 13.2 Å². The number of rotatable bonds is 12. The van der Waals surface area contributed by atoms with Crippen molar-refractivity contribution >= 4 is 11.9 Å². The Hall–Kier alpha value is -1.03. The van der Waals surface area contributed by atoms with E-state index < -0.39 is 86.2 Å². The molecule has 0 rings (SSSR count). The molecule has 0 spiro atoms. The van der Waals surface area contributed by atoms with E-state index in [1.807, 2.05) is 0 Å². The molecule has 0 saturated heterocycles. The van der Waals surface area contributed by atoms with Gasteiger partial charge in [-0.3, -0.25) is 0 Å². The Bertz CT molecular complexity index is 465. The second-order valence-corrected chi connectivity index (χ2v) is 5.97. The largest absolute Gasteiger partial charge is 2.00 e. The van der Waals surface area contributed by atoms with E-state index in [1.54, 1.807) is 0 Å². The van der Waals surface area contributed by atoms with E-state index in [9.17, 15) is 19.8 Å². The number of hydrogen-bond acceptors (Lipinski definition) is 16. The van der Waals surface area contributed by atoms with Gasteiger partial charge in [0.05, 0.1) is 25.2 Å². The summed E-state index contributed by atoms with van der Waals surface area (Å²) in [6, 6.07) is 0. The normalized spacial score (nSPS) is 20.8. The number of carboxylic acids is 2. The second-order valence-electron chi connectivity index (χ2n) is 5.97. The molecule has 0 heterocycles. The van der Waals surface area contributed by atoms with Crippen LogP contribution in [0.25, 0.3) is 0 Å². The molecule has 0 aromatic rings. The first-order valence-electron chi connectivity index (χ1n) is 8.09. The van der Waals surface area contributed by atoms with Crippen molar-refractivity contribution in [3.05, 3.63) is 0 Å². The number of aliphatic hydroxyl groups excluding tert-OH is 12. The molecule has 0 amide bonds. The summed E-state index contributed by atoms with van der Waals surface area (Å²) in [7, 11) is 0. The van der Waals surface area contributed by atoms with Crippen LogP contribution < -0.4 is 10.2 Å². The SMILES string of the molecule is O=C([O-])[C@H](O)[C@@H](O)[C@H](O)[C@H](O)C(O)CO.O=C([O-])[C@H](O)[C@@H](O)[C@H](O)[C@H](O)C(O)CO.[Co+2]. The minimum atomic E-state index is -2.40. The van der Waals surface area contributed by atoms with Gasteiger partial charge in [-0.2, -0.15) is 0 Å². The average molecular weight is 509 g/mol. The van der Waals surface area contributed by atoms with Crippen molar-refractivity contribution in [3.8, 4) is 0 Å². The number of hydrogen-bond donors (Lipinski definition) is 12. The maximum Gasteiger partial charge on any atom is 2.00 e. The molecule has 31 heavy (non-hydrogen) atoms. The van der Waals surface area contributed by atoms with Gasteiger partial charge in [0.15, 0.2) is 0 Å². The predicted molar refractivity (Wildman–Crippen MR) is 84.3 cm³/mol. The Balaban J connectivity index is -0.000000490. The van der Waals surface area contributed by atoms with Gasteiger partial charge >= 0.3 is 16.8 Å². The van der Waals surface area contributed by atoms with E-state index in [4.69, 9.17) is 61.3 Å². The van der Waals surface area contributed by atoms with Crippen molar-refractivity contribution in [2.24, 2.45) is 0 Å². The van der Waals surface area contributed by atoms with Crippen molar-refractivity contribution in [1.82, 2.24) is 0 Å². The standard InChI is InChI=1S/2C7H14O8.Co/c2*8-1-2(9)3(10)4(11)5(12)6(13)7(14)15;/h2*2-6,8-13H,1H2,(H,14,15);/q;;+2/p-2/t2*2?,3-,4-,5+,6-;/m11./s1. The van der Waals surface area contributed by atoms with Crippen LogP contribution in [0.1, 0.15) is 0 Å². The summed E-state index contributed by atoms with van der Waals surface area (Å²) in [5, 5.41) is 126. The van der Waals surface area contributed by atoms with Gasteiger partial charge in [-0.1, -0.05) is 0 Å². The summed E-state index contributed by atoms with van der Waals surface area (Å²) in [6.07, 6.45) is -21.0. The molecular formula is C14H26CoO16. The van der Waals surface area contributed by atoms with Crippen LogP contribution in [-0.4, -0.2) is 147 Å². The van der Waals surface area contributed by atoms with Crippen LogP contribution in [-0.2, 0) is 26.4 Å². The maximum absolute atomic E-state index is 10.1. The van der Waals surface area contributed by atoms with E-state index >= 15 is 0 Å². The molecular weight excluding hydrogens is 483 g/mol. The van der Waals surface area contributed by atoms with Gasteiger partial charge in [0, 0.05) is 0 Å². The van der Waals surface area contributed by atoms with Gasteiger partial charge in [-0.15, -0.1) is 0 Å². The van der Waals surface area contributed by atoms with Gasteiger partial charge < -0.3 is 81.1 Å². The summed E-state index contributed by atoms with van der Waals surface area (Å²) in [4.78, 5) is 20.2. The summed E-state index contributed by atoms with van der Waals surface area (Å²) in [5.41, 5.74) is 0. The van der Waals surface area contributed by atoms with Crippen LogP contribution >= 0.6 is 0 Å². The van der Waals surface area contributed by atoms with Crippen LogP contribution in [0.15, 0.2) is 0 Å². The Morgan fingerprint density at radius 1 is 0.516 bits per heavy atom. The van der Waals surface area contributed by atoms with E-state index in [0.29, 0.717) is 0 Å². The zero-order valence-electron chi connectivity index (χ0n) is 15.5. The monoisotopic (exact) mass is 509 g/mol. The number of aliphatic hydroxyl groups is 12. The average Bonchev–Trinajstić information content (AvgIpc) is 2.73. The number of carboxylic acid groups (broad SMARTS) is 2. The quantitative estimate of drug-likeness (QED) is 0.116. The predicted octanol–water partition coefficient (Wildman–Crippen LogP) is -10.9. The molecule has 0 aromatic heterocycles. The van der Waals surface area contributed by atoms with Crippen molar-refractivity contribution in [2.45, 2.75) is 61.0 Å². The number of aliphatic carboxylic acids is 2. The third-order valence-electron chi connectivity index (χ3n) is 3.69. The molecule has 0 aliphatic rings. The van der Waals surface area contributed by atoms with Gasteiger partial charge in [0.2, 0.25) is 0 Å². The molecule has 10 atom stereocenters. The fourth-order valence-corrected chi connectivity index (χ4v) is 1.73. The molecule has 1 radical (unpaired) electrons. The molecule has 0 aromatic carbocycles. The summed E-state index contributed by atoms with van der Waals surface area (Å²) in [5.74, 6) is -4.07. The first-order chi connectivity index (χ1) is 13.6. The van der Waals surface area contributed by atoms with Crippen molar-refractivity contribution < 1.29 is 97.9 Å². The van der Waals surface area contributed by atoms with Crippen LogP contribution in [0.2, 0.25) is 0 Å². The van der Waals surface area contributed by atoms with Crippen LogP contribution in [0.3, 0.4) is 0 Å². The molecule has 17 heteroatoms. The molecule has 12 N–H and O–H groups in total.